The van der Waals surface area contributed by atoms with E-state index in [0.717, 1.165) is 33.9 Å². The lowest BCUT2D eigenvalue weighted by molar-refractivity contribution is -0.137. The third kappa shape index (κ3) is 4.18. The molecule has 0 spiro atoms. The van der Waals surface area contributed by atoms with Crippen LogP contribution in [0.4, 0.5) is 18.9 Å². The zero-order valence-corrected chi connectivity index (χ0v) is 19.5. The average molecular weight is 486 g/mol. The van der Waals surface area contributed by atoms with Gasteiger partial charge in [-0.2, -0.15) is 23.0 Å². The molecule has 0 saturated carbocycles. The van der Waals surface area contributed by atoms with E-state index in [1.807, 2.05) is 24.0 Å². The topological polar surface area (TPSA) is 67.6 Å². The van der Waals surface area contributed by atoms with Gasteiger partial charge in [0, 0.05) is 29.9 Å². The van der Waals surface area contributed by atoms with E-state index < -0.39 is 23.4 Å². The number of β-amino-alcohol motifs (C(OH)–C–C–N with tert-alkyl or cyclic N) is 1. The van der Waals surface area contributed by atoms with Gasteiger partial charge in [-0.15, -0.1) is 0 Å². The van der Waals surface area contributed by atoms with Gasteiger partial charge in [-0.1, -0.05) is 0 Å². The SMILES string of the molecule is COc1ccc(-c2nn(-c3cc(N4CC[C@H](O)C4)ccc3C(F)(F)F)c(=O)c3c2CCC3)cc1C. The summed E-state index contributed by atoms with van der Waals surface area (Å²) in [6.07, 6.45) is -2.78. The van der Waals surface area contributed by atoms with Crippen molar-refractivity contribution in [2.75, 3.05) is 25.1 Å². The van der Waals surface area contributed by atoms with Crippen molar-refractivity contribution in [3.63, 3.8) is 0 Å². The number of halogens is 3. The minimum atomic E-state index is -4.67. The van der Waals surface area contributed by atoms with Gasteiger partial charge in [-0.25, -0.2) is 0 Å². The molecule has 35 heavy (non-hydrogen) atoms. The van der Waals surface area contributed by atoms with Crippen molar-refractivity contribution < 1.29 is 23.0 Å². The molecule has 9 heteroatoms. The fraction of sp³-hybridized carbons (Fsp3) is 0.385. The van der Waals surface area contributed by atoms with Crippen LogP contribution >= 0.6 is 0 Å². The molecule has 0 amide bonds. The van der Waals surface area contributed by atoms with Crippen LogP contribution in [0.15, 0.2) is 41.2 Å². The first-order chi connectivity index (χ1) is 16.7. The number of aromatic nitrogens is 2. The molecule has 1 aliphatic carbocycles. The minimum absolute atomic E-state index is 0.303. The molecule has 3 aromatic rings. The molecule has 1 atom stereocenters. The summed E-state index contributed by atoms with van der Waals surface area (Å²) >= 11 is 0. The fourth-order valence-corrected chi connectivity index (χ4v) is 5.10. The molecule has 1 N–H and O–H groups in total. The highest BCUT2D eigenvalue weighted by Gasteiger charge is 2.36. The molecule has 1 saturated heterocycles. The number of methoxy groups -OCH3 is 1. The number of hydrogen-bond donors (Lipinski definition) is 1. The second-order valence-corrected chi connectivity index (χ2v) is 9.15. The van der Waals surface area contributed by atoms with Crippen molar-refractivity contribution in [3.05, 3.63) is 69.0 Å². The molecular weight excluding hydrogens is 459 g/mol. The van der Waals surface area contributed by atoms with Gasteiger partial charge in [0.2, 0.25) is 0 Å². The standard InChI is InChI=1S/C26H26F3N3O3/c1-15-12-16(6-9-23(15)35-2)24-19-4-3-5-20(19)25(34)32(30-24)22-13-17(31-11-10-18(33)14-31)7-8-21(22)26(27,28)29/h6-9,12-13,18,33H,3-5,10-11,14H2,1-2H3/t18-/m0/s1. The van der Waals surface area contributed by atoms with Crippen LogP contribution in [0.1, 0.15) is 35.1 Å². The van der Waals surface area contributed by atoms with Gasteiger partial charge in [0.1, 0.15) is 5.75 Å². The van der Waals surface area contributed by atoms with Crippen molar-refractivity contribution >= 4 is 5.69 Å². The molecule has 2 heterocycles. The lowest BCUT2D eigenvalue weighted by Gasteiger charge is -2.22. The van der Waals surface area contributed by atoms with Gasteiger partial charge in [-0.05, 0) is 80.1 Å². The van der Waals surface area contributed by atoms with Gasteiger partial charge in [0.15, 0.2) is 0 Å². The van der Waals surface area contributed by atoms with Gasteiger partial charge < -0.3 is 14.7 Å². The fourth-order valence-electron chi connectivity index (χ4n) is 5.10. The Labute approximate surface area is 200 Å². The summed E-state index contributed by atoms with van der Waals surface area (Å²) < 4.78 is 48.4. The second-order valence-electron chi connectivity index (χ2n) is 9.15. The normalized spacial score (nSPS) is 17.7. The van der Waals surface area contributed by atoms with E-state index in [-0.39, 0.29) is 5.69 Å². The van der Waals surface area contributed by atoms with E-state index in [0.29, 0.717) is 55.0 Å². The van der Waals surface area contributed by atoms with Gasteiger partial charge in [-0.3, -0.25) is 4.79 Å². The summed E-state index contributed by atoms with van der Waals surface area (Å²) in [6, 6.07) is 9.23. The summed E-state index contributed by atoms with van der Waals surface area (Å²) in [5.41, 5.74) is 2.17. The lowest BCUT2D eigenvalue weighted by Crippen LogP contribution is -2.29. The maximum atomic E-state index is 14.1. The molecule has 184 valence electrons. The van der Waals surface area contributed by atoms with Gasteiger partial charge in [0.05, 0.1) is 30.2 Å². The van der Waals surface area contributed by atoms with Crippen molar-refractivity contribution in [2.24, 2.45) is 0 Å². The third-order valence-electron chi connectivity index (χ3n) is 6.87. The van der Waals surface area contributed by atoms with Crippen LogP contribution < -0.4 is 15.2 Å². The lowest BCUT2D eigenvalue weighted by atomic mass is 10.0. The van der Waals surface area contributed by atoms with Crippen molar-refractivity contribution in [1.29, 1.82) is 0 Å². The Bertz CT molecular complexity index is 1350. The maximum Gasteiger partial charge on any atom is 0.418 e. The molecule has 2 aromatic carbocycles. The molecule has 5 rings (SSSR count). The van der Waals surface area contributed by atoms with E-state index in [9.17, 15) is 23.1 Å². The number of rotatable bonds is 4. The molecule has 6 nitrogen and oxygen atoms in total. The monoisotopic (exact) mass is 485 g/mol. The number of aryl methyl sites for hydroxylation is 1. The van der Waals surface area contributed by atoms with Gasteiger partial charge in [0.25, 0.3) is 5.56 Å². The van der Waals surface area contributed by atoms with Crippen LogP contribution in [0.2, 0.25) is 0 Å². The van der Waals surface area contributed by atoms with Crippen LogP contribution in [0.5, 0.6) is 5.75 Å². The predicted molar refractivity (Wildman–Crippen MR) is 126 cm³/mol. The molecule has 1 fully saturated rings. The number of alkyl halides is 3. The first-order valence-electron chi connectivity index (χ1n) is 11.6. The smallest absolute Gasteiger partial charge is 0.418 e. The molecule has 0 radical (unpaired) electrons. The van der Waals surface area contributed by atoms with Crippen LogP contribution in [0, 0.1) is 6.92 Å². The number of ether oxygens (including phenoxy) is 1. The zero-order chi connectivity index (χ0) is 24.9. The number of anilines is 1. The number of aliphatic hydroxyl groups excluding tert-OH is 1. The summed E-state index contributed by atoms with van der Waals surface area (Å²) in [4.78, 5) is 15.3. The van der Waals surface area contributed by atoms with E-state index in [4.69, 9.17) is 4.74 Å². The highest BCUT2D eigenvalue weighted by molar-refractivity contribution is 5.68. The summed E-state index contributed by atoms with van der Waals surface area (Å²) in [5.74, 6) is 0.693. The van der Waals surface area contributed by atoms with Crippen LogP contribution in [0.3, 0.4) is 0 Å². The molecular formula is C26H26F3N3O3. The number of aliphatic hydroxyl groups is 1. The maximum absolute atomic E-state index is 14.1. The van der Waals surface area contributed by atoms with E-state index in [1.54, 1.807) is 13.2 Å². The Balaban J connectivity index is 1.73. The number of benzene rings is 2. The molecule has 0 unspecified atom stereocenters. The minimum Gasteiger partial charge on any atom is -0.496 e. The van der Waals surface area contributed by atoms with Crippen LogP contribution in [-0.4, -0.2) is 41.2 Å². The molecule has 0 bridgehead atoms. The highest BCUT2D eigenvalue weighted by atomic mass is 19.4. The number of nitrogens with zero attached hydrogens (tertiary/aromatic N) is 3. The highest BCUT2D eigenvalue weighted by Crippen LogP contribution is 2.37. The van der Waals surface area contributed by atoms with Crippen molar-refractivity contribution in [1.82, 2.24) is 9.78 Å². The third-order valence-corrected chi connectivity index (χ3v) is 6.87. The van der Waals surface area contributed by atoms with E-state index in [1.165, 1.54) is 12.1 Å². The Morgan fingerprint density at radius 1 is 1.11 bits per heavy atom. The van der Waals surface area contributed by atoms with E-state index >= 15 is 0 Å². The molecule has 1 aliphatic heterocycles. The summed E-state index contributed by atoms with van der Waals surface area (Å²) in [6.45, 7) is 2.73. The first-order valence-corrected chi connectivity index (χ1v) is 11.6. The first kappa shape index (κ1) is 23.4. The predicted octanol–water partition coefficient (Wildman–Crippen LogP) is 4.30. The second kappa shape index (κ2) is 8.71. The number of fused-ring (bicyclic) bond motifs is 1. The van der Waals surface area contributed by atoms with E-state index in [2.05, 4.69) is 5.10 Å². The Hall–Kier alpha value is -3.33. The molecule has 1 aromatic heterocycles. The Morgan fingerprint density at radius 2 is 1.89 bits per heavy atom. The summed E-state index contributed by atoms with van der Waals surface area (Å²) in [5, 5.41) is 14.4. The largest absolute Gasteiger partial charge is 0.496 e. The van der Waals surface area contributed by atoms with Crippen molar-refractivity contribution in [3.8, 4) is 22.7 Å². The zero-order valence-electron chi connectivity index (χ0n) is 19.5. The Kier molecular flexibility index (Phi) is 5.83. The molecule has 2 aliphatic rings. The van der Waals surface area contributed by atoms with Gasteiger partial charge >= 0.3 is 6.18 Å². The average Bonchev–Trinajstić information content (AvgIpc) is 3.48. The number of hydrogen-bond acceptors (Lipinski definition) is 5. The Morgan fingerprint density at radius 3 is 2.54 bits per heavy atom. The van der Waals surface area contributed by atoms with Crippen LogP contribution in [-0.2, 0) is 19.0 Å². The quantitative estimate of drug-likeness (QED) is 0.597. The van der Waals surface area contributed by atoms with Crippen molar-refractivity contribution in [2.45, 2.75) is 44.9 Å². The summed E-state index contributed by atoms with van der Waals surface area (Å²) in [7, 11) is 1.57. The van der Waals surface area contributed by atoms with Crippen LogP contribution in [0.25, 0.3) is 16.9 Å².